The van der Waals surface area contributed by atoms with Crippen molar-refractivity contribution in [1.82, 2.24) is 0 Å². The van der Waals surface area contributed by atoms with E-state index in [0.717, 1.165) is 0 Å². The number of halogens is 2. The van der Waals surface area contributed by atoms with Crippen LogP contribution in [0.4, 0.5) is 10.1 Å². The van der Waals surface area contributed by atoms with Crippen LogP contribution in [0.15, 0.2) is 23.4 Å². The standard InChI is InChI=1S/C10H13ClFN3O/c1-2-8(10(13)15-16)14-9-5-6(12)3-4-7(9)11/h3-5,8,14,16H,2H2,1H3,(H2,13,15). The van der Waals surface area contributed by atoms with Crippen molar-refractivity contribution < 1.29 is 9.60 Å². The van der Waals surface area contributed by atoms with Crippen LogP contribution in [-0.2, 0) is 0 Å². The second-order valence-corrected chi connectivity index (χ2v) is 3.66. The van der Waals surface area contributed by atoms with Gasteiger partial charge in [-0.1, -0.05) is 23.7 Å². The molecule has 1 aromatic carbocycles. The molecule has 88 valence electrons. The Balaban J connectivity index is 2.89. The van der Waals surface area contributed by atoms with Gasteiger partial charge in [0.25, 0.3) is 0 Å². The third kappa shape index (κ3) is 3.00. The molecular weight excluding hydrogens is 233 g/mol. The predicted octanol–water partition coefficient (Wildman–Crippen LogP) is 2.42. The van der Waals surface area contributed by atoms with Crippen molar-refractivity contribution >= 4 is 23.1 Å². The zero-order chi connectivity index (χ0) is 12.1. The molecular formula is C10H13ClFN3O. The number of nitrogens with zero attached hydrogens (tertiary/aromatic N) is 1. The number of hydrogen-bond acceptors (Lipinski definition) is 3. The van der Waals surface area contributed by atoms with Gasteiger partial charge in [-0.25, -0.2) is 4.39 Å². The summed E-state index contributed by atoms with van der Waals surface area (Å²) in [6.07, 6.45) is 0.586. The van der Waals surface area contributed by atoms with Gasteiger partial charge in [0.2, 0.25) is 0 Å². The first-order valence-electron chi connectivity index (χ1n) is 4.77. The molecule has 0 fully saturated rings. The minimum Gasteiger partial charge on any atom is -0.409 e. The molecule has 1 atom stereocenters. The van der Waals surface area contributed by atoms with Crippen LogP contribution < -0.4 is 11.1 Å². The molecule has 1 unspecified atom stereocenters. The molecule has 0 aliphatic rings. The summed E-state index contributed by atoms with van der Waals surface area (Å²) in [5, 5.41) is 14.7. The van der Waals surface area contributed by atoms with Gasteiger partial charge in [0.1, 0.15) is 5.82 Å². The fourth-order valence-corrected chi connectivity index (χ4v) is 1.42. The second-order valence-electron chi connectivity index (χ2n) is 3.25. The summed E-state index contributed by atoms with van der Waals surface area (Å²) in [6, 6.07) is 3.58. The Bertz CT molecular complexity index is 398. The van der Waals surface area contributed by atoms with Crippen molar-refractivity contribution in [3.8, 4) is 0 Å². The Hall–Kier alpha value is -1.49. The minimum absolute atomic E-state index is 0.0304. The first-order valence-corrected chi connectivity index (χ1v) is 5.15. The number of nitrogens with one attached hydrogen (secondary N) is 1. The highest BCUT2D eigenvalue weighted by atomic mass is 35.5. The zero-order valence-corrected chi connectivity index (χ0v) is 9.50. The number of anilines is 1. The SMILES string of the molecule is CCC(Nc1cc(F)ccc1Cl)/C(N)=N/O. The summed E-state index contributed by atoms with van der Waals surface area (Å²) in [7, 11) is 0. The zero-order valence-electron chi connectivity index (χ0n) is 8.74. The smallest absolute Gasteiger partial charge is 0.161 e. The Kier molecular flexibility index (Phi) is 4.37. The van der Waals surface area contributed by atoms with Crippen LogP contribution in [0.25, 0.3) is 0 Å². The first kappa shape index (κ1) is 12.6. The van der Waals surface area contributed by atoms with Crippen molar-refractivity contribution in [2.75, 3.05) is 5.32 Å². The number of hydrogen-bond donors (Lipinski definition) is 3. The highest BCUT2D eigenvalue weighted by Crippen LogP contribution is 2.23. The van der Waals surface area contributed by atoms with Gasteiger partial charge in [0, 0.05) is 0 Å². The first-order chi connectivity index (χ1) is 7.58. The van der Waals surface area contributed by atoms with Gasteiger partial charge in [-0.3, -0.25) is 0 Å². The predicted molar refractivity (Wildman–Crippen MR) is 62.5 cm³/mol. The Morgan fingerprint density at radius 2 is 2.38 bits per heavy atom. The Labute approximate surface area is 97.9 Å². The molecule has 0 spiro atoms. The van der Waals surface area contributed by atoms with Crippen molar-refractivity contribution in [3.05, 3.63) is 29.0 Å². The maximum atomic E-state index is 13.0. The maximum absolute atomic E-state index is 13.0. The molecule has 0 bridgehead atoms. The summed E-state index contributed by atoms with van der Waals surface area (Å²) in [6.45, 7) is 1.85. The molecule has 0 heterocycles. The van der Waals surface area contributed by atoms with E-state index < -0.39 is 5.82 Å². The third-order valence-electron chi connectivity index (χ3n) is 2.14. The maximum Gasteiger partial charge on any atom is 0.161 e. The summed E-state index contributed by atoms with van der Waals surface area (Å²) >= 11 is 5.87. The molecule has 1 aromatic rings. The molecule has 0 aliphatic carbocycles. The number of nitrogens with two attached hydrogens (primary N) is 1. The van der Waals surface area contributed by atoms with Crippen LogP contribution in [0, 0.1) is 5.82 Å². The average Bonchev–Trinajstić information content (AvgIpc) is 2.29. The van der Waals surface area contributed by atoms with Crippen LogP contribution in [0.2, 0.25) is 5.02 Å². The molecule has 0 aliphatic heterocycles. The van der Waals surface area contributed by atoms with Crippen LogP contribution in [0.5, 0.6) is 0 Å². The van der Waals surface area contributed by atoms with Gasteiger partial charge in [-0.15, -0.1) is 0 Å². The lowest BCUT2D eigenvalue weighted by Gasteiger charge is -2.17. The lowest BCUT2D eigenvalue weighted by atomic mass is 10.2. The van der Waals surface area contributed by atoms with E-state index in [1.165, 1.54) is 18.2 Å². The van der Waals surface area contributed by atoms with Gasteiger partial charge in [0.05, 0.1) is 16.8 Å². The second kappa shape index (κ2) is 5.55. The van der Waals surface area contributed by atoms with Gasteiger partial charge >= 0.3 is 0 Å². The quantitative estimate of drug-likeness (QED) is 0.330. The van der Waals surface area contributed by atoms with Crippen molar-refractivity contribution in [2.45, 2.75) is 19.4 Å². The van der Waals surface area contributed by atoms with Gasteiger partial charge in [-0.2, -0.15) is 0 Å². The van der Waals surface area contributed by atoms with E-state index in [1.54, 1.807) is 0 Å². The molecule has 0 radical (unpaired) electrons. The lowest BCUT2D eigenvalue weighted by Crippen LogP contribution is -2.35. The molecule has 16 heavy (non-hydrogen) atoms. The molecule has 0 saturated heterocycles. The van der Waals surface area contributed by atoms with Gasteiger partial charge < -0.3 is 16.3 Å². The minimum atomic E-state index is -0.402. The molecule has 4 N–H and O–H groups in total. The van der Waals surface area contributed by atoms with Crippen LogP contribution in [-0.4, -0.2) is 17.1 Å². The highest BCUT2D eigenvalue weighted by molar-refractivity contribution is 6.33. The fourth-order valence-electron chi connectivity index (χ4n) is 1.25. The topological polar surface area (TPSA) is 70.6 Å². The summed E-state index contributed by atoms with van der Waals surface area (Å²) in [5.41, 5.74) is 5.88. The largest absolute Gasteiger partial charge is 0.409 e. The van der Waals surface area contributed by atoms with Crippen molar-refractivity contribution in [2.24, 2.45) is 10.9 Å². The number of oxime groups is 1. The normalized spacial score (nSPS) is 13.6. The lowest BCUT2D eigenvalue weighted by molar-refractivity contribution is 0.316. The van der Waals surface area contributed by atoms with Crippen LogP contribution >= 0.6 is 11.6 Å². The Morgan fingerprint density at radius 3 is 2.94 bits per heavy atom. The van der Waals surface area contributed by atoms with E-state index in [0.29, 0.717) is 17.1 Å². The summed E-state index contributed by atoms with van der Waals surface area (Å²) in [5.74, 6) is -0.371. The third-order valence-corrected chi connectivity index (χ3v) is 2.47. The van der Waals surface area contributed by atoms with Gasteiger partial charge in [-0.05, 0) is 24.6 Å². The van der Waals surface area contributed by atoms with E-state index >= 15 is 0 Å². The number of rotatable bonds is 4. The van der Waals surface area contributed by atoms with E-state index in [4.69, 9.17) is 22.5 Å². The van der Waals surface area contributed by atoms with E-state index in [-0.39, 0.29) is 11.9 Å². The van der Waals surface area contributed by atoms with Crippen molar-refractivity contribution in [1.29, 1.82) is 0 Å². The molecule has 1 rings (SSSR count). The van der Waals surface area contributed by atoms with E-state index in [2.05, 4.69) is 10.5 Å². The summed E-state index contributed by atoms with van der Waals surface area (Å²) < 4.78 is 13.0. The number of benzene rings is 1. The molecule has 4 nitrogen and oxygen atoms in total. The monoisotopic (exact) mass is 245 g/mol. The fraction of sp³-hybridized carbons (Fsp3) is 0.300. The molecule has 0 amide bonds. The van der Waals surface area contributed by atoms with E-state index in [1.807, 2.05) is 6.92 Å². The molecule has 0 aromatic heterocycles. The van der Waals surface area contributed by atoms with Gasteiger partial charge in [0.15, 0.2) is 5.84 Å². The van der Waals surface area contributed by atoms with Crippen LogP contribution in [0.3, 0.4) is 0 Å². The molecule has 6 heteroatoms. The van der Waals surface area contributed by atoms with E-state index in [9.17, 15) is 4.39 Å². The highest BCUT2D eigenvalue weighted by Gasteiger charge is 2.13. The Morgan fingerprint density at radius 1 is 1.69 bits per heavy atom. The molecule has 0 saturated carbocycles. The number of amidine groups is 1. The summed E-state index contributed by atoms with van der Waals surface area (Å²) in [4.78, 5) is 0. The van der Waals surface area contributed by atoms with Crippen LogP contribution in [0.1, 0.15) is 13.3 Å². The van der Waals surface area contributed by atoms with Crippen molar-refractivity contribution in [3.63, 3.8) is 0 Å². The average molecular weight is 246 g/mol.